The molecule has 0 aliphatic carbocycles. The summed E-state index contributed by atoms with van der Waals surface area (Å²) in [4.78, 5) is 13.0. The molecule has 0 radical (unpaired) electrons. The van der Waals surface area contributed by atoms with E-state index in [0.717, 1.165) is 17.1 Å². The van der Waals surface area contributed by atoms with Gasteiger partial charge in [0.25, 0.3) is 0 Å². The highest BCUT2D eigenvalue weighted by Crippen LogP contribution is 2.27. The van der Waals surface area contributed by atoms with Gasteiger partial charge in [-0.25, -0.2) is 9.97 Å². The van der Waals surface area contributed by atoms with Gasteiger partial charge in [0, 0.05) is 29.5 Å². The maximum atomic E-state index is 4.57. The van der Waals surface area contributed by atoms with Crippen LogP contribution in [0.3, 0.4) is 0 Å². The summed E-state index contributed by atoms with van der Waals surface area (Å²) < 4.78 is 0. The Morgan fingerprint density at radius 2 is 1.59 bits per heavy atom. The van der Waals surface area contributed by atoms with Crippen molar-refractivity contribution >= 4 is 10.8 Å². The Labute approximate surface area is 132 Å². The standard InChI is InChI=1S/C17H17N3.C2H6/c1-11(2)15-6-4-5-13-7-17(20-10-16(13)15)14-8-18-12(3)19-9-14;1-2/h4-11H,1-3H3;1-2H3. The third-order valence-electron chi connectivity index (χ3n) is 3.50. The van der Waals surface area contributed by atoms with Crippen LogP contribution in [0.4, 0.5) is 0 Å². The smallest absolute Gasteiger partial charge is 0.125 e. The first kappa shape index (κ1) is 16.1. The van der Waals surface area contributed by atoms with Crippen LogP contribution in [0.5, 0.6) is 0 Å². The summed E-state index contributed by atoms with van der Waals surface area (Å²) in [6.45, 7) is 10.3. The number of nitrogens with zero attached hydrogens (tertiary/aromatic N) is 3. The molecule has 0 unspecified atom stereocenters. The van der Waals surface area contributed by atoms with E-state index >= 15 is 0 Å². The topological polar surface area (TPSA) is 38.7 Å². The molecule has 0 atom stereocenters. The molecule has 0 fully saturated rings. The summed E-state index contributed by atoms with van der Waals surface area (Å²) in [7, 11) is 0. The van der Waals surface area contributed by atoms with Gasteiger partial charge in [-0.05, 0) is 29.9 Å². The van der Waals surface area contributed by atoms with Gasteiger partial charge in [-0.15, -0.1) is 0 Å². The van der Waals surface area contributed by atoms with Crippen LogP contribution in [-0.2, 0) is 0 Å². The van der Waals surface area contributed by atoms with Crippen LogP contribution in [-0.4, -0.2) is 15.0 Å². The molecule has 0 saturated heterocycles. The minimum atomic E-state index is 0.494. The van der Waals surface area contributed by atoms with Crippen LogP contribution in [0.15, 0.2) is 42.9 Å². The van der Waals surface area contributed by atoms with E-state index in [0.29, 0.717) is 5.92 Å². The number of rotatable bonds is 2. The minimum Gasteiger partial charge on any atom is -0.255 e. The molecule has 0 bridgehead atoms. The molecule has 0 aliphatic rings. The van der Waals surface area contributed by atoms with Gasteiger partial charge >= 0.3 is 0 Å². The zero-order chi connectivity index (χ0) is 16.1. The summed E-state index contributed by atoms with van der Waals surface area (Å²) in [6.07, 6.45) is 5.60. The zero-order valence-electron chi connectivity index (χ0n) is 14.0. The van der Waals surface area contributed by atoms with Gasteiger partial charge < -0.3 is 0 Å². The van der Waals surface area contributed by atoms with Crippen molar-refractivity contribution in [3.8, 4) is 11.3 Å². The van der Waals surface area contributed by atoms with E-state index in [1.165, 1.54) is 16.3 Å². The van der Waals surface area contributed by atoms with Crippen molar-refractivity contribution in [2.75, 3.05) is 0 Å². The molecule has 1 aromatic carbocycles. The molecule has 3 nitrogen and oxygen atoms in total. The normalized spacial score (nSPS) is 10.5. The van der Waals surface area contributed by atoms with Gasteiger partial charge in [0.05, 0.1) is 5.69 Å². The predicted octanol–water partition coefficient (Wildman–Crippen LogP) is 5.15. The van der Waals surface area contributed by atoms with Gasteiger partial charge in [-0.3, -0.25) is 4.98 Å². The number of fused-ring (bicyclic) bond motifs is 1. The Balaban J connectivity index is 0.000000847. The first-order valence-electron chi connectivity index (χ1n) is 7.83. The van der Waals surface area contributed by atoms with Crippen LogP contribution in [0.2, 0.25) is 0 Å². The van der Waals surface area contributed by atoms with E-state index in [1.54, 1.807) is 0 Å². The zero-order valence-corrected chi connectivity index (χ0v) is 14.0. The molecule has 0 N–H and O–H groups in total. The number of hydrogen-bond donors (Lipinski definition) is 0. The molecule has 0 spiro atoms. The van der Waals surface area contributed by atoms with Crippen molar-refractivity contribution in [2.45, 2.75) is 40.5 Å². The average Bonchev–Trinajstić information content (AvgIpc) is 2.56. The number of benzene rings is 1. The third kappa shape index (κ3) is 3.30. The van der Waals surface area contributed by atoms with Crippen LogP contribution in [0.1, 0.15) is 45.0 Å². The van der Waals surface area contributed by atoms with E-state index in [2.05, 4.69) is 53.1 Å². The highest BCUT2D eigenvalue weighted by Gasteiger charge is 2.07. The van der Waals surface area contributed by atoms with Crippen LogP contribution >= 0.6 is 0 Å². The van der Waals surface area contributed by atoms with E-state index in [9.17, 15) is 0 Å². The fourth-order valence-electron chi connectivity index (χ4n) is 2.38. The minimum absolute atomic E-state index is 0.494. The van der Waals surface area contributed by atoms with Crippen molar-refractivity contribution in [1.82, 2.24) is 15.0 Å². The van der Waals surface area contributed by atoms with E-state index in [-0.39, 0.29) is 0 Å². The summed E-state index contributed by atoms with van der Waals surface area (Å²) in [5, 5.41) is 2.43. The second kappa shape index (κ2) is 7.12. The first-order valence-corrected chi connectivity index (χ1v) is 7.83. The molecule has 2 heterocycles. The Hall–Kier alpha value is -2.29. The molecule has 0 aliphatic heterocycles. The highest BCUT2D eigenvalue weighted by molar-refractivity contribution is 5.88. The Morgan fingerprint density at radius 1 is 0.909 bits per heavy atom. The quantitative estimate of drug-likeness (QED) is 0.656. The maximum Gasteiger partial charge on any atom is 0.125 e. The van der Waals surface area contributed by atoms with Crippen molar-refractivity contribution < 1.29 is 0 Å². The monoisotopic (exact) mass is 293 g/mol. The van der Waals surface area contributed by atoms with Crippen molar-refractivity contribution in [3.63, 3.8) is 0 Å². The fraction of sp³-hybridized carbons (Fsp3) is 0.316. The van der Waals surface area contributed by atoms with Gasteiger partial charge in [0.2, 0.25) is 0 Å². The summed E-state index contributed by atoms with van der Waals surface area (Å²) in [5.41, 5.74) is 3.20. The second-order valence-electron chi connectivity index (χ2n) is 5.31. The summed E-state index contributed by atoms with van der Waals surface area (Å²) >= 11 is 0. The number of aromatic nitrogens is 3. The van der Waals surface area contributed by atoms with Gasteiger partial charge in [-0.1, -0.05) is 45.9 Å². The number of hydrogen-bond acceptors (Lipinski definition) is 3. The molecular formula is C19H23N3. The number of aryl methyl sites for hydroxylation is 1. The average molecular weight is 293 g/mol. The van der Waals surface area contributed by atoms with Crippen molar-refractivity contribution in [3.05, 3.63) is 54.2 Å². The molecule has 0 amide bonds. The SMILES string of the molecule is CC.Cc1ncc(-c2cc3cccc(C(C)C)c3cn2)cn1. The lowest BCUT2D eigenvalue weighted by Gasteiger charge is -2.10. The molecule has 2 aromatic heterocycles. The van der Waals surface area contributed by atoms with E-state index in [4.69, 9.17) is 0 Å². The molecule has 22 heavy (non-hydrogen) atoms. The maximum absolute atomic E-state index is 4.57. The Morgan fingerprint density at radius 3 is 2.23 bits per heavy atom. The Kier molecular flexibility index (Phi) is 5.21. The second-order valence-corrected chi connectivity index (χ2v) is 5.31. The Bertz CT molecular complexity index is 746. The fourth-order valence-corrected chi connectivity index (χ4v) is 2.38. The predicted molar refractivity (Wildman–Crippen MR) is 92.9 cm³/mol. The van der Waals surface area contributed by atoms with Crippen molar-refractivity contribution in [1.29, 1.82) is 0 Å². The molecule has 3 aromatic rings. The summed E-state index contributed by atoms with van der Waals surface area (Å²) in [6, 6.07) is 8.51. The molecular weight excluding hydrogens is 270 g/mol. The molecule has 3 rings (SSSR count). The van der Waals surface area contributed by atoms with Gasteiger partial charge in [-0.2, -0.15) is 0 Å². The number of pyridine rings is 1. The van der Waals surface area contributed by atoms with Crippen LogP contribution < -0.4 is 0 Å². The lowest BCUT2D eigenvalue weighted by Crippen LogP contribution is -1.93. The molecule has 0 saturated carbocycles. The largest absolute Gasteiger partial charge is 0.255 e. The molecule has 114 valence electrons. The van der Waals surface area contributed by atoms with Crippen molar-refractivity contribution in [2.24, 2.45) is 0 Å². The van der Waals surface area contributed by atoms with Gasteiger partial charge in [0.1, 0.15) is 5.82 Å². The van der Waals surface area contributed by atoms with Crippen LogP contribution in [0.25, 0.3) is 22.0 Å². The summed E-state index contributed by atoms with van der Waals surface area (Å²) in [5.74, 6) is 1.27. The first-order chi connectivity index (χ1) is 10.6. The lowest BCUT2D eigenvalue weighted by molar-refractivity contribution is 0.876. The molecule has 3 heteroatoms. The van der Waals surface area contributed by atoms with E-state index < -0.39 is 0 Å². The lowest BCUT2D eigenvalue weighted by atomic mass is 9.97. The van der Waals surface area contributed by atoms with E-state index in [1.807, 2.05) is 39.4 Å². The third-order valence-corrected chi connectivity index (χ3v) is 3.50. The van der Waals surface area contributed by atoms with Crippen LogP contribution in [0, 0.1) is 6.92 Å². The van der Waals surface area contributed by atoms with Gasteiger partial charge in [0.15, 0.2) is 0 Å². The highest BCUT2D eigenvalue weighted by atomic mass is 14.9.